The van der Waals surface area contributed by atoms with E-state index in [1.807, 2.05) is 79.0 Å². The van der Waals surface area contributed by atoms with E-state index in [9.17, 15) is 14.7 Å². The highest BCUT2D eigenvalue weighted by atomic mass is 16.5. The molecule has 0 fully saturated rings. The van der Waals surface area contributed by atoms with Crippen molar-refractivity contribution in [3.05, 3.63) is 125 Å². The highest BCUT2D eigenvalue weighted by molar-refractivity contribution is 6.04. The fourth-order valence-corrected chi connectivity index (χ4v) is 4.88. The Labute approximate surface area is 221 Å². The summed E-state index contributed by atoms with van der Waals surface area (Å²) in [6.45, 7) is 3.63. The van der Waals surface area contributed by atoms with Crippen molar-refractivity contribution in [3.8, 4) is 5.69 Å². The number of carboxylic acids is 1. The first-order valence-electron chi connectivity index (χ1n) is 12.5. The van der Waals surface area contributed by atoms with Crippen molar-refractivity contribution >= 4 is 34.6 Å². The Kier molecular flexibility index (Phi) is 6.96. The van der Waals surface area contributed by atoms with E-state index in [4.69, 9.17) is 4.74 Å². The maximum absolute atomic E-state index is 13.3. The molecule has 5 rings (SSSR count). The van der Waals surface area contributed by atoms with E-state index in [-0.39, 0.29) is 17.8 Å². The van der Waals surface area contributed by atoms with Crippen LogP contribution in [0.25, 0.3) is 28.4 Å². The molecule has 0 amide bonds. The lowest BCUT2D eigenvalue weighted by Crippen LogP contribution is -2.32. The van der Waals surface area contributed by atoms with Crippen LogP contribution in [-0.4, -0.2) is 28.2 Å². The molecule has 1 aromatic heterocycles. The number of para-hydroxylation sites is 1. The van der Waals surface area contributed by atoms with E-state index in [1.54, 1.807) is 19.9 Å². The van der Waals surface area contributed by atoms with Gasteiger partial charge in [0.05, 0.1) is 29.0 Å². The van der Waals surface area contributed by atoms with Gasteiger partial charge in [0.15, 0.2) is 0 Å². The number of hydrogen-bond donors (Lipinski definition) is 2. The van der Waals surface area contributed by atoms with Gasteiger partial charge in [-0.25, -0.2) is 9.59 Å². The summed E-state index contributed by atoms with van der Waals surface area (Å²) in [7, 11) is 0. The van der Waals surface area contributed by atoms with Crippen LogP contribution in [0.1, 0.15) is 25.0 Å². The van der Waals surface area contributed by atoms with Gasteiger partial charge < -0.3 is 19.7 Å². The van der Waals surface area contributed by atoms with Gasteiger partial charge in [0.2, 0.25) is 0 Å². The lowest BCUT2D eigenvalue weighted by atomic mass is 9.83. The number of ether oxygens (including phenoxy) is 1. The quantitative estimate of drug-likeness (QED) is 0.293. The molecule has 2 N–H and O–H groups in total. The maximum Gasteiger partial charge on any atom is 0.337 e. The number of esters is 1. The van der Waals surface area contributed by atoms with Crippen molar-refractivity contribution in [1.82, 2.24) is 9.88 Å². The third-order valence-corrected chi connectivity index (χ3v) is 6.65. The van der Waals surface area contributed by atoms with Gasteiger partial charge in [-0.2, -0.15) is 0 Å². The molecule has 0 bridgehead atoms. The normalized spacial score (nSPS) is 15.7. The Morgan fingerprint density at radius 2 is 1.66 bits per heavy atom. The van der Waals surface area contributed by atoms with Crippen molar-refractivity contribution in [3.63, 3.8) is 0 Å². The van der Waals surface area contributed by atoms with Crippen LogP contribution in [0.3, 0.4) is 0 Å². The van der Waals surface area contributed by atoms with E-state index >= 15 is 0 Å². The highest BCUT2D eigenvalue weighted by Crippen LogP contribution is 2.36. The number of benzene rings is 3. The summed E-state index contributed by atoms with van der Waals surface area (Å²) in [6.07, 6.45) is 5.62. The number of rotatable bonds is 7. The molecule has 6 nitrogen and oxygen atoms in total. The van der Waals surface area contributed by atoms with Crippen LogP contribution in [0.5, 0.6) is 0 Å². The summed E-state index contributed by atoms with van der Waals surface area (Å²) in [5.41, 5.74) is 5.13. The number of carbonyl (C=O) groups is 2. The molecule has 1 unspecified atom stereocenters. The average Bonchev–Trinajstić information content (AvgIpc) is 3.36. The molecule has 2 heterocycles. The average molecular weight is 505 g/mol. The third-order valence-electron chi connectivity index (χ3n) is 6.65. The lowest BCUT2D eigenvalue weighted by molar-refractivity contribution is -0.138. The summed E-state index contributed by atoms with van der Waals surface area (Å²) in [5, 5.41) is 14.4. The van der Waals surface area contributed by atoms with Gasteiger partial charge in [0.1, 0.15) is 0 Å². The first kappa shape index (κ1) is 24.8. The molecule has 1 aliphatic rings. The second-order valence-electron chi connectivity index (χ2n) is 9.02. The predicted octanol–water partition coefficient (Wildman–Crippen LogP) is 6.20. The topological polar surface area (TPSA) is 80.6 Å². The molecule has 0 aliphatic carbocycles. The molecule has 1 atom stereocenters. The molecule has 3 aromatic carbocycles. The van der Waals surface area contributed by atoms with E-state index < -0.39 is 17.9 Å². The summed E-state index contributed by atoms with van der Waals surface area (Å²) in [4.78, 5) is 25.6. The van der Waals surface area contributed by atoms with Crippen LogP contribution in [0.4, 0.5) is 0 Å². The van der Waals surface area contributed by atoms with Gasteiger partial charge in [-0.15, -0.1) is 0 Å². The number of aliphatic carboxylic acids is 1. The number of nitrogens with zero attached hydrogens (tertiary/aromatic N) is 1. The van der Waals surface area contributed by atoms with Gasteiger partial charge in [-0.05, 0) is 54.6 Å². The molecular formula is C32H28N2O4. The van der Waals surface area contributed by atoms with Crippen LogP contribution in [-0.2, 0) is 14.3 Å². The van der Waals surface area contributed by atoms with Crippen molar-refractivity contribution < 1.29 is 19.4 Å². The Balaban J connectivity index is 1.61. The Morgan fingerprint density at radius 3 is 2.37 bits per heavy atom. The zero-order valence-corrected chi connectivity index (χ0v) is 21.2. The smallest absolute Gasteiger partial charge is 0.337 e. The lowest BCUT2D eigenvalue weighted by Gasteiger charge is -2.29. The number of aromatic nitrogens is 1. The van der Waals surface area contributed by atoms with Gasteiger partial charge in [0, 0.05) is 23.5 Å². The molecule has 190 valence electrons. The Bertz CT molecular complexity index is 1590. The van der Waals surface area contributed by atoms with Crippen LogP contribution in [0, 0.1) is 5.92 Å². The minimum Gasteiger partial charge on any atom is -0.478 e. The highest BCUT2D eigenvalue weighted by Gasteiger charge is 2.36. The molecule has 4 aromatic rings. The standard InChI is InChI=1S/C32H28N2O4/c1-3-38-32(37)29-26(18-13-22-9-5-4-6-10-22)28(31(35)36)21(2)33-30(29)24-14-16-25(17-15-24)34-20-19-23-11-7-8-12-27(23)34/h4-20,26,33H,3H2,1-2H3,(H,35,36). The number of nitrogens with one attached hydrogen (secondary N) is 1. The van der Waals surface area contributed by atoms with Gasteiger partial charge in [0.25, 0.3) is 0 Å². The molecule has 0 saturated heterocycles. The van der Waals surface area contributed by atoms with Gasteiger partial charge in [-0.1, -0.05) is 72.8 Å². The monoisotopic (exact) mass is 504 g/mol. The maximum atomic E-state index is 13.3. The first-order chi connectivity index (χ1) is 18.5. The molecule has 0 spiro atoms. The van der Waals surface area contributed by atoms with Crippen LogP contribution >= 0.6 is 0 Å². The second kappa shape index (κ2) is 10.6. The number of carboxylic acid groups (broad SMARTS) is 1. The van der Waals surface area contributed by atoms with E-state index in [1.165, 1.54) is 0 Å². The van der Waals surface area contributed by atoms with Crippen LogP contribution < -0.4 is 5.32 Å². The summed E-state index contributed by atoms with van der Waals surface area (Å²) < 4.78 is 7.52. The molecule has 6 heteroatoms. The number of hydrogen-bond acceptors (Lipinski definition) is 4. The van der Waals surface area contributed by atoms with Crippen molar-refractivity contribution in [1.29, 1.82) is 0 Å². The number of fused-ring (bicyclic) bond motifs is 1. The first-order valence-corrected chi connectivity index (χ1v) is 12.5. The minimum atomic E-state index is -1.09. The number of dihydropyridines is 1. The Morgan fingerprint density at radius 1 is 0.947 bits per heavy atom. The van der Waals surface area contributed by atoms with Gasteiger partial charge >= 0.3 is 11.9 Å². The van der Waals surface area contributed by atoms with Crippen LogP contribution in [0.2, 0.25) is 0 Å². The van der Waals surface area contributed by atoms with E-state index in [0.717, 1.165) is 27.7 Å². The zero-order chi connectivity index (χ0) is 26.6. The second-order valence-corrected chi connectivity index (χ2v) is 9.02. The predicted molar refractivity (Wildman–Crippen MR) is 149 cm³/mol. The van der Waals surface area contributed by atoms with Crippen molar-refractivity contribution in [2.45, 2.75) is 13.8 Å². The summed E-state index contributed by atoms with van der Waals surface area (Å²) >= 11 is 0. The zero-order valence-electron chi connectivity index (χ0n) is 21.2. The minimum absolute atomic E-state index is 0.111. The summed E-state index contributed by atoms with van der Waals surface area (Å²) in [5.74, 6) is -2.44. The molecule has 38 heavy (non-hydrogen) atoms. The molecule has 0 saturated carbocycles. The van der Waals surface area contributed by atoms with Crippen LogP contribution in [0.15, 0.2) is 114 Å². The van der Waals surface area contributed by atoms with E-state index in [2.05, 4.69) is 28.1 Å². The molecule has 1 aliphatic heterocycles. The molecular weight excluding hydrogens is 476 g/mol. The van der Waals surface area contributed by atoms with Crippen molar-refractivity contribution in [2.75, 3.05) is 6.61 Å². The largest absolute Gasteiger partial charge is 0.478 e. The SMILES string of the molecule is CCOC(=O)C1=C(c2ccc(-n3ccc4ccccc43)cc2)NC(C)=C(C(=O)O)C1C=Cc1ccccc1. The Hall–Kier alpha value is -4.84. The third kappa shape index (κ3) is 4.76. The number of allylic oxidation sites excluding steroid dienone is 2. The van der Waals surface area contributed by atoms with Gasteiger partial charge in [-0.3, -0.25) is 0 Å². The fourth-order valence-electron chi connectivity index (χ4n) is 4.88. The van der Waals surface area contributed by atoms with Crippen molar-refractivity contribution in [2.24, 2.45) is 5.92 Å². The molecule has 0 radical (unpaired) electrons. The van der Waals surface area contributed by atoms with E-state index in [0.29, 0.717) is 11.4 Å². The number of carbonyl (C=O) groups excluding carboxylic acids is 1. The fraction of sp³-hybridized carbons (Fsp3) is 0.125. The summed E-state index contributed by atoms with van der Waals surface area (Å²) in [6, 6.07) is 27.6.